The Balaban J connectivity index is 1.99. The molecule has 0 aromatic heterocycles. The second kappa shape index (κ2) is 4.40. The number of fused-ring (bicyclic) bond motifs is 1. The fourth-order valence-electron chi connectivity index (χ4n) is 2.16. The van der Waals surface area contributed by atoms with Crippen LogP contribution in [0.1, 0.15) is 15.9 Å². The van der Waals surface area contributed by atoms with Gasteiger partial charge in [-0.3, -0.25) is 4.79 Å². The molecule has 0 amide bonds. The molecule has 0 fully saturated rings. The molecule has 2 aromatic rings. The Kier molecular flexibility index (Phi) is 2.74. The molecule has 1 heterocycles. The maximum absolute atomic E-state index is 10.6. The molecule has 1 aliphatic rings. The molecule has 2 aromatic carbocycles. The Morgan fingerprint density at radius 3 is 2.56 bits per heavy atom. The van der Waals surface area contributed by atoms with Crippen molar-refractivity contribution >= 4 is 18.9 Å². The molecule has 0 saturated heterocycles. The quantitative estimate of drug-likeness (QED) is 0.635. The summed E-state index contributed by atoms with van der Waals surface area (Å²) in [5, 5.41) is 9.55. The molecular weight excluding hydrogens is 227 g/mol. The van der Waals surface area contributed by atoms with E-state index in [2.05, 4.69) is 0 Å². The standard InChI is InChI=1S/C14H11BO3/c16-8-10-1-3-11(4-2-10)12-5-6-14-13(7-12)9-18-15(14)17/h1-8,17H,9H2. The first-order chi connectivity index (χ1) is 8.78. The third-order valence-corrected chi connectivity index (χ3v) is 3.19. The molecule has 1 aliphatic heterocycles. The van der Waals surface area contributed by atoms with Crippen molar-refractivity contribution in [2.45, 2.75) is 6.61 Å². The highest BCUT2D eigenvalue weighted by Gasteiger charge is 2.26. The zero-order valence-corrected chi connectivity index (χ0v) is 9.67. The summed E-state index contributed by atoms with van der Waals surface area (Å²) in [6.45, 7) is 0.441. The Labute approximate surface area is 105 Å². The van der Waals surface area contributed by atoms with Gasteiger partial charge in [0.2, 0.25) is 0 Å². The maximum Gasteiger partial charge on any atom is 0.491 e. The van der Waals surface area contributed by atoms with Crippen molar-refractivity contribution < 1.29 is 14.5 Å². The molecule has 0 spiro atoms. The van der Waals surface area contributed by atoms with Gasteiger partial charge < -0.3 is 9.68 Å². The zero-order valence-electron chi connectivity index (χ0n) is 9.67. The Morgan fingerprint density at radius 1 is 1.11 bits per heavy atom. The highest BCUT2D eigenvalue weighted by Crippen LogP contribution is 2.22. The third kappa shape index (κ3) is 1.86. The van der Waals surface area contributed by atoms with Crippen LogP contribution in [0.2, 0.25) is 0 Å². The monoisotopic (exact) mass is 238 g/mol. The first-order valence-electron chi connectivity index (χ1n) is 5.76. The third-order valence-electron chi connectivity index (χ3n) is 3.19. The molecular formula is C14H11BO3. The van der Waals surface area contributed by atoms with Crippen molar-refractivity contribution in [3.8, 4) is 11.1 Å². The van der Waals surface area contributed by atoms with Gasteiger partial charge in [0.1, 0.15) is 6.29 Å². The first kappa shape index (κ1) is 11.2. The average molecular weight is 238 g/mol. The van der Waals surface area contributed by atoms with Gasteiger partial charge in [0.25, 0.3) is 0 Å². The van der Waals surface area contributed by atoms with Crippen molar-refractivity contribution in [3.63, 3.8) is 0 Å². The fourth-order valence-corrected chi connectivity index (χ4v) is 2.16. The molecule has 3 nitrogen and oxygen atoms in total. The van der Waals surface area contributed by atoms with Crippen LogP contribution in [0.5, 0.6) is 0 Å². The van der Waals surface area contributed by atoms with Crippen LogP contribution in [0.4, 0.5) is 0 Å². The van der Waals surface area contributed by atoms with Crippen molar-refractivity contribution in [3.05, 3.63) is 53.6 Å². The predicted octanol–water partition coefficient (Wildman–Crippen LogP) is 1.38. The molecule has 0 saturated carbocycles. The summed E-state index contributed by atoms with van der Waals surface area (Å²) in [6.07, 6.45) is 0.830. The zero-order chi connectivity index (χ0) is 12.5. The van der Waals surface area contributed by atoms with E-state index in [1.807, 2.05) is 30.3 Å². The van der Waals surface area contributed by atoms with Gasteiger partial charge in [0.15, 0.2) is 0 Å². The largest absolute Gasteiger partial charge is 0.491 e. The minimum atomic E-state index is -0.800. The van der Waals surface area contributed by atoms with Crippen molar-refractivity contribution in [1.29, 1.82) is 0 Å². The van der Waals surface area contributed by atoms with Crippen LogP contribution < -0.4 is 5.46 Å². The highest BCUT2D eigenvalue weighted by molar-refractivity contribution is 6.61. The van der Waals surface area contributed by atoms with E-state index in [0.29, 0.717) is 12.2 Å². The second-order valence-corrected chi connectivity index (χ2v) is 4.32. The van der Waals surface area contributed by atoms with Crippen LogP contribution in [-0.2, 0) is 11.3 Å². The van der Waals surface area contributed by atoms with E-state index < -0.39 is 7.12 Å². The summed E-state index contributed by atoms with van der Waals surface area (Å²) >= 11 is 0. The SMILES string of the molecule is O=Cc1ccc(-c2ccc3c(c2)COB3O)cc1. The van der Waals surface area contributed by atoms with Gasteiger partial charge in [-0.1, -0.05) is 36.4 Å². The summed E-state index contributed by atoms with van der Waals surface area (Å²) in [4.78, 5) is 10.6. The van der Waals surface area contributed by atoms with E-state index in [0.717, 1.165) is 28.4 Å². The smallest absolute Gasteiger partial charge is 0.423 e. The maximum atomic E-state index is 10.6. The summed E-state index contributed by atoms with van der Waals surface area (Å²) in [6, 6.07) is 13.3. The molecule has 88 valence electrons. The number of benzene rings is 2. The summed E-state index contributed by atoms with van der Waals surface area (Å²) < 4.78 is 5.16. The lowest BCUT2D eigenvalue weighted by Crippen LogP contribution is -2.27. The minimum absolute atomic E-state index is 0.441. The summed E-state index contributed by atoms with van der Waals surface area (Å²) in [7, 11) is -0.800. The van der Waals surface area contributed by atoms with Crippen LogP contribution in [0, 0.1) is 0 Å². The van der Waals surface area contributed by atoms with Crippen LogP contribution in [0.3, 0.4) is 0 Å². The van der Waals surface area contributed by atoms with Gasteiger partial charge in [-0.15, -0.1) is 0 Å². The van der Waals surface area contributed by atoms with Gasteiger partial charge in [0, 0.05) is 5.56 Å². The number of aldehydes is 1. The lowest BCUT2D eigenvalue weighted by Gasteiger charge is -2.05. The Bertz CT molecular complexity index is 592. The Hall–Kier alpha value is -1.91. The molecule has 4 heteroatoms. The van der Waals surface area contributed by atoms with E-state index >= 15 is 0 Å². The van der Waals surface area contributed by atoms with Gasteiger partial charge in [-0.2, -0.15) is 0 Å². The predicted molar refractivity (Wildman–Crippen MR) is 69.7 cm³/mol. The molecule has 0 bridgehead atoms. The second-order valence-electron chi connectivity index (χ2n) is 4.32. The van der Waals surface area contributed by atoms with Gasteiger partial charge >= 0.3 is 7.12 Å². The summed E-state index contributed by atoms with van der Waals surface area (Å²) in [5.74, 6) is 0. The highest BCUT2D eigenvalue weighted by atomic mass is 16.5. The van der Waals surface area contributed by atoms with Crippen LogP contribution in [-0.4, -0.2) is 18.4 Å². The van der Waals surface area contributed by atoms with Crippen LogP contribution in [0.25, 0.3) is 11.1 Å². The van der Waals surface area contributed by atoms with Crippen LogP contribution in [0.15, 0.2) is 42.5 Å². The van der Waals surface area contributed by atoms with E-state index in [1.54, 1.807) is 12.1 Å². The molecule has 1 N–H and O–H groups in total. The van der Waals surface area contributed by atoms with Crippen molar-refractivity contribution in [1.82, 2.24) is 0 Å². The van der Waals surface area contributed by atoms with Gasteiger partial charge in [0.05, 0.1) is 6.61 Å². The first-order valence-corrected chi connectivity index (χ1v) is 5.76. The lowest BCUT2D eigenvalue weighted by atomic mass is 9.79. The molecule has 3 rings (SSSR count). The fraction of sp³-hybridized carbons (Fsp3) is 0.0714. The van der Waals surface area contributed by atoms with E-state index in [4.69, 9.17) is 4.65 Å². The number of hydrogen-bond acceptors (Lipinski definition) is 3. The Morgan fingerprint density at radius 2 is 1.83 bits per heavy atom. The van der Waals surface area contributed by atoms with E-state index in [1.165, 1.54) is 0 Å². The lowest BCUT2D eigenvalue weighted by molar-refractivity contribution is 0.112. The van der Waals surface area contributed by atoms with Crippen LogP contribution >= 0.6 is 0 Å². The molecule has 0 atom stereocenters. The number of carbonyl (C=O) groups excluding carboxylic acids is 1. The average Bonchev–Trinajstić information content (AvgIpc) is 2.80. The summed E-state index contributed by atoms with van der Waals surface area (Å²) in [5.41, 5.74) is 4.62. The number of rotatable bonds is 2. The molecule has 0 radical (unpaired) electrons. The van der Waals surface area contributed by atoms with E-state index in [-0.39, 0.29) is 0 Å². The van der Waals surface area contributed by atoms with Gasteiger partial charge in [-0.05, 0) is 28.2 Å². The topological polar surface area (TPSA) is 46.5 Å². The van der Waals surface area contributed by atoms with Gasteiger partial charge in [-0.25, -0.2) is 0 Å². The molecule has 0 aliphatic carbocycles. The number of carbonyl (C=O) groups is 1. The molecule has 0 unspecified atom stereocenters. The van der Waals surface area contributed by atoms with Crippen molar-refractivity contribution in [2.24, 2.45) is 0 Å². The van der Waals surface area contributed by atoms with Crippen molar-refractivity contribution in [2.75, 3.05) is 0 Å². The number of hydrogen-bond donors (Lipinski definition) is 1. The van der Waals surface area contributed by atoms with E-state index in [9.17, 15) is 9.82 Å². The normalized spacial score (nSPS) is 13.5. The minimum Gasteiger partial charge on any atom is -0.423 e. The molecule has 18 heavy (non-hydrogen) atoms.